The van der Waals surface area contributed by atoms with Gasteiger partial charge in [-0.05, 0) is 37.8 Å². The third kappa shape index (κ3) is 3.74. The summed E-state index contributed by atoms with van der Waals surface area (Å²) in [7, 11) is 0. The number of hydrogen-bond acceptors (Lipinski definition) is 3. The molecule has 1 fully saturated rings. The third-order valence-electron chi connectivity index (χ3n) is 4.30. The minimum Gasteiger partial charge on any atom is -0.348 e. The van der Waals surface area contributed by atoms with Crippen molar-refractivity contribution >= 4 is 5.91 Å². The Bertz CT molecular complexity index is 692. The molecule has 1 N–H and O–H groups in total. The molecule has 0 bridgehead atoms. The maximum absolute atomic E-state index is 12.7. The maximum atomic E-state index is 12.7. The topological polar surface area (TPSA) is 59.8 Å². The number of nitrogens with one attached hydrogen (secondary N) is 1. The van der Waals surface area contributed by atoms with Crippen LogP contribution in [0.25, 0.3) is 5.69 Å². The highest BCUT2D eigenvalue weighted by molar-refractivity contribution is 5.92. The smallest absolute Gasteiger partial charge is 0.348 e. The van der Waals surface area contributed by atoms with Crippen molar-refractivity contribution in [3.63, 3.8) is 0 Å². The summed E-state index contributed by atoms with van der Waals surface area (Å²) in [5, 5.41) is 2.79. The standard InChI is InChI=1S/C16H17F3N4O/c17-16(18,19)11-1-3-12(4-2-11)22-15(24)14-9-13(5-6-21-14)23-8-7-20-10-23/h5-12H,1-4H2,(H,22,24). The summed E-state index contributed by atoms with van der Waals surface area (Å²) >= 11 is 0. The molecule has 2 heterocycles. The number of hydrogen-bond donors (Lipinski definition) is 1. The minimum absolute atomic E-state index is 0.0525. The Balaban J connectivity index is 1.61. The van der Waals surface area contributed by atoms with Crippen molar-refractivity contribution in [2.45, 2.75) is 37.9 Å². The SMILES string of the molecule is O=C(NC1CCC(C(F)(F)F)CC1)c1cc(-n2ccnc2)ccn1. The molecule has 1 amide bonds. The number of nitrogens with zero attached hydrogens (tertiary/aromatic N) is 3. The first-order chi connectivity index (χ1) is 11.4. The largest absolute Gasteiger partial charge is 0.391 e. The lowest BCUT2D eigenvalue weighted by Crippen LogP contribution is -2.40. The summed E-state index contributed by atoms with van der Waals surface area (Å²) in [6.45, 7) is 0. The lowest BCUT2D eigenvalue weighted by Gasteiger charge is -2.30. The van der Waals surface area contributed by atoms with Gasteiger partial charge in [0.15, 0.2) is 0 Å². The minimum atomic E-state index is -4.14. The Morgan fingerprint density at radius 3 is 2.58 bits per heavy atom. The summed E-state index contributed by atoms with van der Waals surface area (Å²) in [5.74, 6) is -1.62. The lowest BCUT2D eigenvalue weighted by atomic mass is 9.85. The number of rotatable bonds is 3. The first-order valence-corrected chi connectivity index (χ1v) is 7.75. The zero-order chi connectivity index (χ0) is 17.2. The average molecular weight is 338 g/mol. The van der Waals surface area contributed by atoms with E-state index in [4.69, 9.17) is 0 Å². The molecule has 8 heteroatoms. The predicted octanol–water partition coefficient (Wildman–Crippen LogP) is 3.12. The van der Waals surface area contributed by atoms with Crippen molar-refractivity contribution in [2.24, 2.45) is 5.92 Å². The summed E-state index contributed by atoms with van der Waals surface area (Å²) in [5.41, 5.74) is 0.979. The van der Waals surface area contributed by atoms with Gasteiger partial charge in [-0.3, -0.25) is 9.78 Å². The van der Waals surface area contributed by atoms with Crippen LogP contribution in [0.15, 0.2) is 37.1 Å². The molecular formula is C16H17F3N4O. The molecule has 1 aliphatic carbocycles. The van der Waals surface area contributed by atoms with Gasteiger partial charge in [-0.15, -0.1) is 0 Å². The second-order valence-corrected chi connectivity index (χ2v) is 5.93. The number of pyridine rings is 1. The molecular weight excluding hydrogens is 321 g/mol. The van der Waals surface area contributed by atoms with Crippen molar-refractivity contribution in [3.8, 4) is 5.69 Å². The zero-order valence-corrected chi connectivity index (χ0v) is 12.8. The molecule has 2 aromatic rings. The Morgan fingerprint density at radius 1 is 1.21 bits per heavy atom. The molecule has 1 saturated carbocycles. The van der Waals surface area contributed by atoms with Crippen LogP contribution in [0.1, 0.15) is 36.2 Å². The molecule has 0 saturated heterocycles. The fourth-order valence-electron chi connectivity index (χ4n) is 2.94. The van der Waals surface area contributed by atoms with Crippen LogP contribution in [-0.4, -0.2) is 32.7 Å². The lowest BCUT2D eigenvalue weighted by molar-refractivity contribution is -0.182. The van der Waals surface area contributed by atoms with E-state index in [0.717, 1.165) is 5.69 Å². The van der Waals surface area contributed by atoms with Gasteiger partial charge in [0.25, 0.3) is 5.91 Å². The second-order valence-electron chi connectivity index (χ2n) is 5.93. The first kappa shape index (κ1) is 16.5. The first-order valence-electron chi connectivity index (χ1n) is 7.75. The van der Waals surface area contributed by atoms with Gasteiger partial charge in [0.1, 0.15) is 5.69 Å². The van der Waals surface area contributed by atoms with Gasteiger partial charge in [0.2, 0.25) is 0 Å². The zero-order valence-electron chi connectivity index (χ0n) is 12.8. The molecule has 3 rings (SSSR count). The fraction of sp³-hybridized carbons (Fsp3) is 0.438. The van der Waals surface area contributed by atoms with E-state index in [1.807, 2.05) is 0 Å². The highest BCUT2D eigenvalue weighted by Gasteiger charge is 2.41. The Hall–Kier alpha value is -2.38. The molecule has 0 radical (unpaired) electrons. The number of aromatic nitrogens is 3. The summed E-state index contributed by atoms with van der Waals surface area (Å²) in [6.07, 6.45) is 3.12. The monoisotopic (exact) mass is 338 g/mol. The highest BCUT2D eigenvalue weighted by atomic mass is 19.4. The number of carbonyl (C=O) groups excluding carboxylic acids is 1. The van der Waals surface area contributed by atoms with Gasteiger partial charge in [-0.2, -0.15) is 13.2 Å². The number of imidazole rings is 1. The van der Waals surface area contributed by atoms with Crippen LogP contribution in [0, 0.1) is 5.92 Å². The molecule has 5 nitrogen and oxygen atoms in total. The fourth-order valence-corrected chi connectivity index (χ4v) is 2.94. The molecule has 0 aromatic carbocycles. The molecule has 128 valence electrons. The third-order valence-corrected chi connectivity index (χ3v) is 4.30. The van der Waals surface area contributed by atoms with Gasteiger partial charge in [-0.1, -0.05) is 0 Å². The summed E-state index contributed by atoms with van der Waals surface area (Å²) < 4.78 is 39.8. The van der Waals surface area contributed by atoms with Crippen molar-refractivity contribution in [2.75, 3.05) is 0 Å². The van der Waals surface area contributed by atoms with Gasteiger partial charge in [0, 0.05) is 24.6 Å². The van der Waals surface area contributed by atoms with Crippen LogP contribution in [0.5, 0.6) is 0 Å². The summed E-state index contributed by atoms with van der Waals surface area (Å²) in [6, 6.07) is 3.13. The van der Waals surface area contributed by atoms with Gasteiger partial charge in [0.05, 0.1) is 17.9 Å². The molecule has 2 aromatic heterocycles. The molecule has 0 unspecified atom stereocenters. The van der Waals surface area contributed by atoms with Gasteiger partial charge in [-0.25, -0.2) is 4.98 Å². The van der Waals surface area contributed by atoms with Crippen molar-refractivity contribution in [1.29, 1.82) is 0 Å². The quantitative estimate of drug-likeness (QED) is 0.935. The van der Waals surface area contributed by atoms with Crippen molar-refractivity contribution < 1.29 is 18.0 Å². The van der Waals surface area contributed by atoms with Gasteiger partial charge >= 0.3 is 6.18 Å². The number of alkyl halides is 3. The van der Waals surface area contributed by atoms with Crippen LogP contribution in [0.3, 0.4) is 0 Å². The predicted molar refractivity (Wildman–Crippen MR) is 80.6 cm³/mol. The van der Waals surface area contributed by atoms with Crippen LogP contribution in [0.4, 0.5) is 13.2 Å². The van der Waals surface area contributed by atoms with Crippen LogP contribution < -0.4 is 5.32 Å². The van der Waals surface area contributed by atoms with E-state index >= 15 is 0 Å². The van der Waals surface area contributed by atoms with E-state index in [1.165, 1.54) is 6.20 Å². The van der Waals surface area contributed by atoms with E-state index < -0.39 is 12.1 Å². The Morgan fingerprint density at radius 2 is 1.96 bits per heavy atom. The van der Waals surface area contributed by atoms with Gasteiger partial charge < -0.3 is 9.88 Å². The number of carbonyl (C=O) groups is 1. The van der Waals surface area contributed by atoms with Crippen molar-refractivity contribution in [1.82, 2.24) is 19.9 Å². The number of halogens is 3. The highest BCUT2D eigenvalue weighted by Crippen LogP contribution is 2.37. The van der Waals surface area contributed by atoms with E-state index in [0.29, 0.717) is 12.8 Å². The Kier molecular flexibility index (Phi) is 4.55. The second kappa shape index (κ2) is 6.62. The van der Waals surface area contributed by atoms with E-state index in [9.17, 15) is 18.0 Å². The average Bonchev–Trinajstić information content (AvgIpc) is 3.09. The molecule has 0 aliphatic heterocycles. The molecule has 1 aliphatic rings. The van der Waals surface area contributed by atoms with E-state index in [2.05, 4.69) is 15.3 Å². The van der Waals surface area contributed by atoms with Crippen LogP contribution in [-0.2, 0) is 0 Å². The Labute approximate surface area is 136 Å². The van der Waals surface area contributed by atoms with Crippen LogP contribution >= 0.6 is 0 Å². The van der Waals surface area contributed by atoms with Crippen molar-refractivity contribution in [3.05, 3.63) is 42.7 Å². The molecule has 0 atom stereocenters. The maximum Gasteiger partial charge on any atom is 0.391 e. The van der Waals surface area contributed by atoms with E-state index in [1.54, 1.807) is 35.4 Å². The summed E-state index contributed by atoms with van der Waals surface area (Å²) in [4.78, 5) is 20.3. The normalized spacial score (nSPS) is 21.5. The van der Waals surface area contributed by atoms with E-state index in [-0.39, 0.29) is 30.5 Å². The number of amides is 1. The molecule has 0 spiro atoms. The molecule has 24 heavy (non-hydrogen) atoms. The van der Waals surface area contributed by atoms with Crippen LogP contribution in [0.2, 0.25) is 0 Å².